The minimum atomic E-state index is 0.0509. The summed E-state index contributed by atoms with van der Waals surface area (Å²) in [4.78, 5) is 1.89. The first-order valence-electron chi connectivity index (χ1n) is 2.78. The molecule has 0 N–H and O–H groups in total. The molecule has 0 aliphatic carbocycles. The summed E-state index contributed by atoms with van der Waals surface area (Å²) in [5, 5.41) is 0. The standard InChI is InChI=1S/C7H13N/c1-6(2)8(5)7(3)4/h1,3,6-7H,2,4-5H3. The van der Waals surface area contributed by atoms with Crippen molar-refractivity contribution in [3.8, 4) is 0 Å². The van der Waals surface area contributed by atoms with Crippen molar-refractivity contribution in [3.63, 3.8) is 0 Å². The second-order valence-corrected chi connectivity index (χ2v) is 2.15. The zero-order valence-corrected chi connectivity index (χ0v) is 5.76. The Bertz CT molecular complexity index is 49.4. The molecule has 2 unspecified atom stereocenters. The van der Waals surface area contributed by atoms with Gasteiger partial charge in [-0.1, -0.05) is 0 Å². The van der Waals surface area contributed by atoms with Gasteiger partial charge in [-0.2, -0.15) is 0 Å². The van der Waals surface area contributed by atoms with E-state index < -0.39 is 0 Å². The van der Waals surface area contributed by atoms with Crippen LogP contribution in [0, 0.1) is 13.8 Å². The van der Waals surface area contributed by atoms with Crippen LogP contribution in [0.5, 0.6) is 0 Å². The van der Waals surface area contributed by atoms with Gasteiger partial charge < -0.3 is 4.90 Å². The first-order valence-corrected chi connectivity index (χ1v) is 2.78. The fraction of sp³-hybridized carbons (Fsp3) is 0.714. The Morgan fingerprint density at radius 1 is 1.12 bits per heavy atom. The van der Waals surface area contributed by atoms with Gasteiger partial charge in [-0.15, -0.1) is 0 Å². The first-order chi connectivity index (χ1) is 3.55. The highest BCUT2D eigenvalue weighted by molar-refractivity contribution is 4.72. The van der Waals surface area contributed by atoms with E-state index in [1.54, 1.807) is 0 Å². The number of nitrogens with zero attached hydrogens (tertiary/aromatic N) is 1. The van der Waals surface area contributed by atoms with Crippen LogP contribution in [0.3, 0.4) is 0 Å². The molecule has 1 heteroatoms. The van der Waals surface area contributed by atoms with Crippen molar-refractivity contribution in [2.75, 3.05) is 7.05 Å². The van der Waals surface area contributed by atoms with E-state index >= 15 is 0 Å². The lowest BCUT2D eigenvalue weighted by Crippen LogP contribution is -2.33. The van der Waals surface area contributed by atoms with Gasteiger partial charge in [0.25, 0.3) is 0 Å². The first kappa shape index (κ1) is 7.96. The summed E-state index contributed by atoms with van der Waals surface area (Å²) in [5.74, 6) is 0. The van der Waals surface area contributed by atoms with Gasteiger partial charge in [0.15, 0.2) is 0 Å². The van der Waals surface area contributed by atoms with Crippen LogP contribution < -0.4 is 0 Å². The third-order valence-electron chi connectivity index (χ3n) is 1.28. The Labute approximate surface area is 52.7 Å². The van der Waals surface area contributed by atoms with Crippen LogP contribution in [0.2, 0.25) is 0 Å². The van der Waals surface area contributed by atoms with Gasteiger partial charge in [-0.25, -0.2) is 0 Å². The third kappa shape index (κ3) is 2.31. The minimum Gasteiger partial charge on any atom is -0.300 e. The van der Waals surface area contributed by atoms with Gasteiger partial charge in [0.2, 0.25) is 0 Å². The second-order valence-electron chi connectivity index (χ2n) is 2.15. The van der Waals surface area contributed by atoms with Crippen molar-refractivity contribution in [2.24, 2.45) is 0 Å². The molecule has 0 aromatic heterocycles. The van der Waals surface area contributed by atoms with Gasteiger partial charge in [0.05, 0.1) is 0 Å². The molecule has 0 saturated heterocycles. The fourth-order valence-electron chi connectivity index (χ4n) is 0.371. The number of hydrogen-bond donors (Lipinski definition) is 0. The molecule has 0 amide bonds. The molecule has 0 saturated carbocycles. The van der Waals surface area contributed by atoms with Crippen LogP contribution in [0.1, 0.15) is 13.8 Å². The highest BCUT2D eigenvalue weighted by atomic mass is 15.1. The van der Waals surface area contributed by atoms with E-state index in [-0.39, 0.29) is 12.1 Å². The van der Waals surface area contributed by atoms with Gasteiger partial charge >= 0.3 is 0 Å². The molecule has 0 aliphatic rings. The quantitative estimate of drug-likeness (QED) is 0.516. The van der Waals surface area contributed by atoms with Crippen LogP contribution in [0.4, 0.5) is 0 Å². The van der Waals surface area contributed by atoms with E-state index in [4.69, 9.17) is 13.8 Å². The molecule has 0 fully saturated rings. The summed E-state index contributed by atoms with van der Waals surface area (Å²) >= 11 is 0. The second kappa shape index (κ2) is 3.08. The molecule has 0 bridgehead atoms. The largest absolute Gasteiger partial charge is 0.300 e. The van der Waals surface area contributed by atoms with E-state index in [1.807, 2.05) is 25.8 Å². The van der Waals surface area contributed by atoms with Crippen molar-refractivity contribution >= 4 is 0 Å². The van der Waals surface area contributed by atoms with Crippen LogP contribution in [-0.2, 0) is 0 Å². The zero-order chi connectivity index (χ0) is 6.73. The summed E-state index contributed by atoms with van der Waals surface area (Å²) < 4.78 is 0. The van der Waals surface area contributed by atoms with Crippen LogP contribution in [0.15, 0.2) is 0 Å². The lowest BCUT2D eigenvalue weighted by atomic mass is 10.3. The van der Waals surface area contributed by atoms with Crippen molar-refractivity contribution in [1.29, 1.82) is 0 Å². The Morgan fingerprint density at radius 3 is 1.38 bits per heavy atom. The Kier molecular flexibility index (Phi) is 3.06. The highest BCUT2D eigenvalue weighted by Crippen LogP contribution is 1.97. The van der Waals surface area contributed by atoms with E-state index in [0.29, 0.717) is 0 Å². The molecule has 0 aromatic carbocycles. The van der Waals surface area contributed by atoms with Crippen molar-refractivity contribution in [3.05, 3.63) is 13.8 Å². The Balaban J connectivity index is 3.46. The average molecular weight is 111 g/mol. The molecular formula is C7H13N. The summed E-state index contributed by atoms with van der Waals surface area (Å²) in [6.45, 7) is 14.8. The molecule has 0 aromatic rings. The van der Waals surface area contributed by atoms with Crippen LogP contribution in [-0.4, -0.2) is 24.0 Å². The molecule has 46 valence electrons. The Hall–Kier alpha value is -0.0400. The highest BCUT2D eigenvalue weighted by Gasteiger charge is 2.05. The van der Waals surface area contributed by atoms with Crippen LogP contribution in [0.25, 0.3) is 0 Å². The van der Waals surface area contributed by atoms with Gasteiger partial charge in [0.1, 0.15) is 0 Å². The topological polar surface area (TPSA) is 3.24 Å². The lowest BCUT2D eigenvalue weighted by molar-refractivity contribution is 0.258. The van der Waals surface area contributed by atoms with Gasteiger partial charge in [0, 0.05) is 12.1 Å². The van der Waals surface area contributed by atoms with Gasteiger partial charge in [-0.3, -0.25) is 0 Å². The van der Waals surface area contributed by atoms with E-state index in [0.717, 1.165) is 0 Å². The fourth-order valence-corrected chi connectivity index (χ4v) is 0.371. The summed E-state index contributed by atoms with van der Waals surface area (Å²) in [7, 11) is 1.90. The maximum Gasteiger partial charge on any atom is 0.0102 e. The number of hydrogen-bond acceptors (Lipinski definition) is 1. The van der Waals surface area contributed by atoms with Crippen molar-refractivity contribution < 1.29 is 0 Å². The summed E-state index contributed by atoms with van der Waals surface area (Å²) in [6.07, 6.45) is 0. The molecule has 2 atom stereocenters. The van der Waals surface area contributed by atoms with Crippen molar-refractivity contribution in [1.82, 2.24) is 4.90 Å². The third-order valence-corrected chi connectivity index (χ3v) is 1.28. The number of rotatable bonds is 2. The molecule has 0 rings (SSSR count). The molecule has 4 radical (unpaired) electrons. The predicted octanol–water partition coefficient (Wildman–Crippen LogP) is 1.12. The SMILES string of the molecule is [CH]C(C)N(C)C([CH])C. The van der Waals surface area contributed by atoms with Crippen LogP contribution >= 0.6 is 0 Å². The normalized spacial score (nSPS) is 12.0. The lowest BCUT2D eigenvalue weighted by Gasteiger charge is -2.24. The predicted molar refractivity (Wildman–Crippen MR) is 35.3 cm³/mol. The van der Waals surface area contributed by atoms with E-state index in [9.17, 15) is 0 Å². The Morgan fingerprint density at radius 2 is 1.38 bits per heavy atom. The molecule has 0 heterocycles. The molecule has 0 aliphatic heterocycles. The van der Waals surface area contributed by atoms with Crippen molar-refractivity contribution in [2.45, 2.75) is 25.9 Å². The van der Waals surface area contributed by atoms with E-state index in [2.05, 4.69) is 0 Å². The summed E-state index contributed by atoms with van der Waals surface area (Å²) in [5.41, 5.74) is 0. The molecule has 1 nitrogen and oxygen atoms in total. The van der Waals surface area contributed by atoms with Gasteiger partial charge in [-0.05, 0) is 34.7 Å². The minimum absolute atomic E-state index is 0.0509. The van der Waals surface area contributed by atoms with E-state index in [1.165, 1.54) is 0 Å². The molecule has 0 spiro atoms. The maximum absolute atomic E-state index is 5.48. The molecule has 8 heavy (non-hydrogen) atoms. The maximum atomic E-state index is 5.48. The summed E-state index contributed by atoms with van der Waals surface area (Å²) in [6, 6.07) is 0.102. The average Bonchev–Trinajstić information content (AvgIpc) is 1.64. The smallest absolute Gasteiger partial charge is 0.0102 e. The monoisotopic (exact) mass is 111 g/mol. The zero-order valence-electron chi connectivity index (χ0n) is 5.76. The molecular weight excluding hydrogens is 98.1 g/mol.